The first-order chi connectivity index (χ1) is 12.8. The molecule has 4 nitrogen and oxygen atoms in total. The predicted molar refractivity (Wildman–Crippen MR) is 105 cm³/mol. The maximum atomic E-state index is 5.21. The molecule has 0 radical (unpaired) electrons. The van der Waals surface area contributed by atoms with Gasteiger partial charge in [0.05, 0.1) is 24.9 Å². The monoisotopic (exact) mass is 341 g/mol. The molecule has 128 valence electrons. The van der Waals surface area contributed by atoms with Crippen LogP contribution in [0.3, 0.4) is 0 Å². The molecule has 4 rings (SSSR count). The molecule has 0 fully saturated rings. The number of hydrogen-bond donors (Lipinski definition) is 1. The summed E-state index contributed by atoms with van der Waals surface area (Å²) in [6.45, 7) is 0.620. The third-order valence-electron chi connectivity index (χ3n) is 4.26. The fourth-order valence-corrected chi connectivity index (χ4v) is 2.89. The van der Waals surface area contributed by atoms with E-state index in [0.717, 1.165) is 39.4 Å². The average molecular weight is 341 g/mol. The third-order valence-corrected chi connectivity index (χ3v) is 4.26. The maximum absolute atomic E-state index is 5.21. The molecular formula is C22H19N3O. The normalized spacial score (nSPS) is 10.7. The lowest BCUT2D eigenvalue weighted by Crippen LogP contribution is -2.05. The number of rotatable bonds is 5. The van der Waals surface area contributed by atoms with Crippen LogP contribution in [0, 0.1) is 0 Å². The summed E-state index contributed by atoms with van der Waals surface area (Å²) >= 11 is 0. The Hall–Kier alpha value is -3.40. The number of anilines is 1. The van der Waals surface area contributed by atoms with E-state index >= 15 is 0 Å². The van der Waals surface area contributed by atoms with Gasteiger partial charge in [-0.25, -0.2) is 9.97 Å². The number of benzene rings is 3. The van der Waals surface area contributed by atoms with Gasteiger partial charge in [-0.15, -0.1) is 0 Å². The number of hydrogen-bond acceptors (Lipinski definition) is 4. The zero-order valence-corrected chi connectivity index (χ0v) is 14.5. The van der Waals surface area contributed by atoms with Crippen LogP contribution in [0.25, 0.3) is 22.3 Å². The quantitative estimate of drug-likeness (QED) is 0.560. The van der Waals surface area contributed by atoms with Gasteiger partial charge in [0.1, 0.15) is 5.75 Å². The van der Waals surface area contributed by atoms with E-state index < -0.39 is 0 Å². The minimum absolute atomic E-state index is 0.620. The highest BCUT2D eigenvalue weighted by atomic mass is 16.5. The second kappa shape index (κ2) is 7.23. The Morgan fingerprint density at radius 3 is 2.31 bits per heavy atom. The summed E-state index contributed by atoms with van der Waals surface area (Å²) in [4.78, 5) is 9.55. The van der Waals surface area contributed by atoms with Gasteiger partial charge < -0.3 is 10.1 Å². The van der Waals surface area contributed by atoms with Gasteiger partial charge in [-0.3, -0.25) is 0 Å². The van der Waals surface area contributed by atoms with Crippen LogP contribution in [0.1, 0.15) is 5.69 Å². The Morgan fingerprint density at radius 1 is 0.808 bits per heavy atom. The predicted octanol–water partition coefficient (Wildman–Crippen LogP) is 4.92. The Balaban J connectivity index is 1.68. The topological polar surface area (TPSA) is 47.0 Å². The van der Waals surface area contributed by atoms with E-state index in [1.807, 2.05) is 72.8 Å². The standard InChI is InChI=1S/C22H19N3O/c1-26-18-13-11-17(12-14-18)23-15-21-19-9-5-6-10-20(19)24-22(25-21)16-7-3-2-4-8-16/h2-14,23H,15H2,1H3. The summed E-state index contributed by atoms with van der Waals surface area (Å²) in [5.41, 5.74) is 3.97. The van der Waals surface area contributed by atoms with Gasteiger partial charge in [0, 0.05) is 16.6 Å². The van der Waals surface area contributed by atoms with Crippen LogP contribution >= 0.6 is 0 Å². The molecule has 3 aromatic carbocycles. The number of nitrogens with one attached hydrogen (secondary N) is 1. The van der Waals surface area contributed by atoms with Crippen LogP contribution in [0.2, 0.25) is 0 Å². The number of methoxy groups -OCH3 is 1. The molecule has 4 heteroatoms. The fraction of sp³-hybridized carbons (Fsp3) is 0.0909. The first-order valence-electron chi connectivity index (χ1n) is 8.52. The van der Waals surface area contributed by atoms with E-state index in [2.05, 4.69) is 11.4 Å². The zero-order valence-electron chi connectivity index (χ0n) is 14.5. The first kappa shape index (κ1) is 16.1. The number of aromatic nitrogens is 2. The van der Waals surface area contributed by atoms with Crippen LogP contribution in [-0.2, 0) is 6.54 Å². The highest BCUT2D eigenvalue weighted by Gasteiger charge is 2.09. The lowest BCUT2D eigenvalue weighted by molar-refractivity contribution is 0.415. The SMILES string of the molecule is COc1ccc(NCc2nc(-c3ccccc3)nc3ccccc23)cc1. The number of nitrogens with zero attached hydrogens (tertiary/aromatic N) is 2. The second-order valence-electron chi connectivity index (χ2n) is 5.96. The first-order valence-corrected chi connectivity index (χ1v) is 8.52. The van der Waals surface area contributed by atoms with Crippen molar-refractivity contribution in [2.75, 3.05) is 12.4 Å². The third kappa shape index (κ3) is 3.35. The summed E-state index contributed by atoms with van der Waals surface area (Å²) < 4.78 is 5.21. The molecule has 0 saturated carbocycles. The molecule has 0 aliphatic heterocycles. The van der Waals surface area contributed by atoms with E-state index in [9.17, 15) is 0 Å². The van der Waals surface area contributed by atoms with Crippen LogP contribution in [0.4, 0.5) is 5.69 Å². The highest BCUT2D eigenvalue weighted by Crippen LogP contribution is 2.23. The molecule has 1 heterocycles. The van der Waals surface area contributed by atoms with Crippen LogP contribution in [0.15, 0.2) is 78.9 Å². The summed E-state index contributed by atoms with van der Waals surface area (Å²) in [7, 11) is 1.67. The Morgan fingerprint density at radius 2 is 1.54 bits per heavy atom. The van der Waals surface area contributed by atoms with Crippen molar-refractivity contribution in [1.82, 2.24) is 9.97 Å². The van der Waals surface area contributed by atoms with Gasteiger partial charge in [0.15, 0.2) is 5.82 Å². The van der Waals surface area contributed by atoms with E-state index in [4.69, 9.17) is 14.7 Å². The number of para-hydroxylation sites is 1. The summed E-state index contributed by atoms with van der Waals surface area (Å²) in [6, 6.07) is 26.1. The molecule has 0 amide bonds. The molecule has 0 spiro atoms. The van der Waals surface area contributed by atoms with Gasteiger partial charge in [0.25, 0.3) is 0 Å². The zero-order chi connectivity index (χ0) is 17.8. The second-order valence-corrected chi connectivity index (χ2v) is 5.96. The minimum atomic E-state index is 0.620. The summed E-state index contributed by atoms with van der Waals surface area (Å²) in [6.07, 6.45) is 0. The average Bonchev–Trinajstić information content (AvgIpc) is 2.73. The molecule has 0 atom stereocenters. The molecule has 0 bridgehead atoms. The van der Waals surface area contributed by atoms with Gasteiger partial charge in [-0.05, 0) is 30.3 Å². The molecule has 1 N–H and O–H groups in total. The molecule has 0 unspecified atom stereocenters. The van der Waals surface area contributed by atoms with Crippen LogP contribution < -0.4 is 10.1 Å². The van der Waals surface area contributed by atoms with Crippen LogP contribution in [0.5, 0.6) is 5.75 Å². The number of fused-ring (bicyclic) bond motifs is 1. The van der Waals surface area contributed by atoms with Gasteiger partial charge >= 0.3 is 0 Å². The number of ether oxygens (including phenoxy) is 1. The Bertz CT molecular complexity index is 1010. The van der Waals surface area contributed by atoms with Crippen LogP contribution in [-0.4, -0.2) is 17.1 Å². The Kier molecular flexibility index (Phi) is 4.48. The van der Waals surface area contributed by atoms with E-state index in [1.165, 1.54) is 0 Å². The van der Waals surface area contributed by atoms with E-state index in [-0.39, 0.29) is 0 Å². The summed E-state index contributed by atoms with van der Waals surface area (Å²) in [5.74, 6) is 1.59. The molecular weight excluding hydrogens is 322 g/mol. The largest absolute Gasteiger partial charge is 0.497 e. The molecule has 0 aliphatic rings. The van der Waals surface area contributed by atoms with Crippen molar-refractivity contribution in [1.29, 1.82) is 0 Å². The Labute approximate surface area is 152 Å². The van der Waals surface area contributed by atoms with E-state index in [1.54, 1.807) is 7.11 Å². The van der Waals surface area contributed by atoms with Crippen molar-refractivity contribution in [3.05, 3.63) is 84.6 Å². The molecule has 26 heavy (non-hydrogen) atoms. The van der Waals surface area contributed by atoms with Gasteiger partial charge in [-0.2, -0.15) is 0 Å². The van der Waals surface area contributed by atoms with Gasteiger partial charge in [0.2, 0.25) is 0 Å². The lowest BCUT2D eigenvalue weighted by Gasteiger charge is -2.11. The van der Waals surface area contributed by atoms with Gasteiger partial charge in [-0.1, -0.05) is 48.5 Å². The lowest BCUT2D eigenvalue weighted by atomic mass is 10.1. The molecule has 0 aliphatic carbocycles. The fourth-order valence-electron chi connectivity index (χ4n) is 2.89. The van der Waals surface area contributed by atoms with Crippen molar-refractivity contribution in [3.8, 4) is 17.1 Å². The summed E-state index contributed by atoms with van der Waals surface area (Å²) in [5, 5.41) is 4.50. The van der Waals surface area contributed by atoms with E-state index in [0.29, 0.717) is 6.54 Å². The van der Waals surface area contributed by atoms with Crippen molar-refractivity contribution in [2.45, 2.75) is 6.54 Å². The van der Waals surface area contributed by atoms with Crippen molar-refractivity contribution in [3.63, 3.8) is 0 Å². The maximum Gasteiger partial charge on any atom is 0.160 e. The minimum Gasteiger partial charge on any atom is -0.497 e. The molecule has 4 aromatic rings. The van der Waals surface area contributed by atoms with Crippen molar-refractivity contribution < 1.29 is 4.74 Å². The van der Waals surface area contributed by atoms with Crippen molar-refractivity contribution in [2.24, 2.45) is 0 Å². The van der Waals surface area contributed by atoms with Crippen molar-refractivity contribution >= 4 is 16.6 Å². The highest BCUT2D eigenvalue weighted by molar-refractivity contribution is 5.83. The molecule has 1 aromatic heterocycles. The molecule has 0 saturated heterocycles. The smallest absolute Gasteiger partial charge is 0.160 e.